The molecule has 0 aromatic heterocycles. The van der Waals surface area contributed by atoms with Crippen LogP contribution in [0.3, 0.4) is 0 Å². The molecular formula is C52H90N2O7. The van der Waals surface area contributed by atoms with Crippen molar-refractivity contribution in [3.8, 4) is 0 Å². The Morgan fingerprint density at radius 1 is 0.508 bits per heavy atom. The van der Waals surface area contributed by atoms with Gasteiger partial charge in [0.05, 0.1) is 13.2 Å². The lowest BCUT2D eigenvalue weighted by molar-refractivity contribution is -0.147. The molecule has 0 heterocycles. The molecule has 9 heteroatoms. The second-order valence-electron chi connectivity index (χ2n) is 16.5. The highest BCUT2D eigenvalue weighted by molar-refractivity contribution is 5.87. The Kier molecular flexibility index (Phi) is 43.4. The van der Waals surface area contributed by atoms with Gasteiger partial charge < -0.3 is 25.6 Å². The van der Waals surface area contributed by atoms with Gasteiger partial charge >= 0.3 is 11.9 Å². The van der Waals surface area contributed by atoms with Gasteiger partial charge in [-0.1, -0.05) is 203 Å². The average molecular weight is 855 g/mol. The molecule has 9 nitrogen and oxygen atoms in total. The summed E-state index contributed by atoms with van der Waals surface area (Å²) in [6.07, 6.45) is 57.0. The number of aliphatic hydroxyl groups is 1. The number of aliphatic carboxylic acids is 1. The van der Waals surface area contributed by atoms with Crippen molar-refractivity contribution in [1.29, 1.82) is 0 Å². The lowest BCUT2D eigenvalue weighted by atomic mass is 10.0. The molecule has 0 spiro atoms. The Balaban J connectivity index is 4.35. The second kappa shape index (κ2) is 46.1. The van der Waals surface area contributed by atoms with Gasteiger partial charge in [0.15, 0.2) is 0 Å². The third-order valence-corrected chi connectivity index (χ3v) is 10.8. The summed E-state index contributed by atoms with van der Waals surface area (Å²) in [6.45, 7) is 3.31. The minimum absolute atomic E-state index is 0.182. The average Bonchev–Trinajstić information content (AvgIpc) is 3.25. The van der Waals surface area contributed by atoms with Crippen LogP contribution in [0, 0.1) is 0 Å². The number of unbranched alkanes of at least 4 members (excludes halogenated alkanes) is 22. The minimum Gasteiger partial charge on any atom is -0.480 e. The number of rotatable bonds is 44. The van der Waals surface area contributed by atoms with Gasteiger partial charge in [0.1, 0.15) is 12.1 Å². The lowest BCUT2D eigenvalue weighted by Gasteiger charge is -2.15. The van der Waals surface area contributed by atoms with E-state index in [0.29, 0.717) is 25.7 Å². The number of ether oxygens (including phenoxy) is 1. The van der Waals surface area contributed by atoms with Crippen molar-refractivity contribution in [2.75, 3.05) is 13.2 Å². The molecule has 0 bridgehead atoms. The summed E-state index contributed by atoms with van der Waals surface area (Å²) in [5.74, 6) is -2.56. The predicted octanol–water partition coefficient (Wildman–Crippen LogP) is 12.9. The van der Waals surface area contributed by atoms with Crippen molar-refractivity contribution in [1.82, 2.24) is 10.6 Å². The predicted molar refractivity (Wildman–Crippen MR) is 254 cm³/mol. The number of amides is 2. The number of aliphatic hydroxyl groups excluding tert-OH is 1. The largest absolute Gasteiger partial charge is 0.480 e. The zero-order valence-electron chi connectivity index (χ0n) is 38.9. The Morgan fingerprint density at radius 3 is 1.34 bits per heavy atom. The molecule has 4 N–H and O–H groups in total. The topological polar surface area (TPSA) is 142 Å². The molecule has 0 aromatic carbocycles. The molecule has 0 aliphatic carbocycles. The minimum atomic E-state index is -1.41. The van der Waals surface area contributed by atoms with Crippen LogP contribution < -0.4 is 10.6 Å². The van der Waals surface area contributed by atoms with E-state index in [1.165, 1.54) is 122 Å². The van der Waals surface area contributed by atoms with E-state index in [2.05, 4.69) is 73.1 Å². The van der Waals surface area contributed by atoms with E-state index >= 15 is 0 Å². The molecule has 61 heavy (non-hydrogen) atoms. The van der Waals surface area contributed by atoms with Gasteiger partial charge in [-0.2, -0.15) is 0 Å². The highest BCUT2D eigenvalue weighted by Crippen LogP contribution is 2.16. The number of hydrogen-bond donors (Lipinski definition) is 4. The molecule has 0 fully saturated rings. The van der Waals surface area contributed by atoms with Crippen LogP contribution in [0.15, 0.2) is 60.8 Å². The van der Waals surface area contributed by atoms with E-state index in [1.54, 1.807) is 0 Å². The van der Waals surface area contributed by atoms with Crippen LogP contribution in [-0.2, 0) is 23.9 Å². The Labute approximate surface area is 372 Å². The summed E-state index contributed by atoms with van der Waals surface area (Å²) in [5, 5.41) is 22.6. The summed E-state index contributed by atoms with van der Waals surface area (Å²) in [5.41, 5.74) is 0. The maximum absolute atomic E-state index is 12.8. The maximum Gasteiger partial charge on any atom is 0.328 e. The monoisotopic (exact) mass is 855 g/mol. The fraction of sp³-hybridized carbons (Fsp3) is 0.731. The zero-order chi connectivity index (χ0) is 44.7. The number of carbonyl (C=O) groups excluding carboxylic acids is 3. The highest BCUT2D eigenvalue weighted by atomic mass is 16.5. The van der Waals surface area contributed by atoms with Gasteiger partial charge in [0, 0.05) is 12.8 Å². The van der Waals surface area contributed by atoms with Crippen LogP contribution in [-0.4, -0.2) is 59.3 Å². The first-order valence-corrected chi connectivity index (χ1v) is 24.7. The van der Waals surface area contributed by atoms with Crippen LogP contribution in [0.1, 0.15) is 219 Å². The van der Waals surface area contributed by atoms with Gasteiger partial charge in [0.2, 0.25) is 11.8 Å². The Morgan fingerprint density at radius 2 is 0.918 bits per heavy atom. The van der Waals surface area contributed by atoms with Crippen LogP contribution in [0.2, 0.25) is 0 Å². The van der Waals surface area contributed by atoms with Crippen molar-refractivity contribution < 1.29 is 34.1 Å². The lowest BCUT2D eigenvalue weighted by Crippen LogP contribution is -2.47. The summed E-state index contributed by atoms with van der Waals surface area (Å²) >= 11 is 0. The standard InChI is InChI=1S/C52H90N2O7/c1-3-5-7-9-11-13-15-17-19-20-21-22-23-24-25-26-28-30-32-34-36-38-44-51(58)61-47(41-37-35-33-31-29-27-18-16-14-12-10-8-6-4-2)42-39-40-43-49(56)53-45-50(57)54-48(46-55)52(59)60/h6,8,12,14,18,27,31,33,37,41,47-48,55H,3-5,7,9-11,13,15-17,19-26,28-30,32,34-36,38-40,42-46H2,1-2H3,(H,53,56)(H,54,57)(H,59,60)/b8-6-,14-12-,27-18-,33-31-,41-37-. The summed E-state index contributed by atoms with van der Waals surface area (Å²) in [6, 6.07) is -1.41. The molecule has 0 saturated carbocycles. The molecule has 0 aromatic rings. The van der Waals surface area contributed by atoms with Crippen LogP contribution in [0.25, 0.3) is 0 Å². The van der Waals surface area contributed by atoms with E-state index < -0.39 is 24.5 Å². The number of carboxylic acids is 1. The Bertz CT molecular complexity index is 1210. The van der Waals surface area contributed by atoms with Crippen molar-refractivity contribution in [3.63, 3.8) is 0 Å². The van der Waals surface area contributed by atoms with Gasteiger partial charge in [-0.05, 0) is 63.9 Å². The van der Waals surface area contributed by atoms with Crippen molar-refractivity contribution in [2.45, 2.75) is 231 Å². The SMILES string of the molecule is CC/C=C\C/C=C\C/C=C\C/C=C\C/C=C\C(CCCCC(=O)NCC(=O)NC(CO)C(=O)O)OC(=O)CCCCCCCCCCCCCCCCCCCCCCCC. The molecule has 350 valence electrons. The number of carboxylic acid groups (broad SMARTS) is 1. The molecule has 2 amide bonds. The van der Waals surface area contributed by atoms with Crippen molar-refractivity contribution >= 4 is 23.8 Å². The van der Waals surface area contributed by atoms with Crippen LogP contribution >= 0.6 is 0 Å². The number of hydrogen-bond acceptors (Lipinski definition) is 6. The quantitative estimate of drug-likeness (QED) is 0.0271. The highest BCUT2D eigenvalue weighted by Gasteiger charge is 2.19. The summed E-state index contributed by atoms with van der Waals surface area (Å²) in [4.78, 5) is 48.0. The maximum atomic E-state index is 12.8. The first kappa shape index (κ1) is 57.5. The molecular weight excluding hydrogens is 765 g/mol. The van der Waals surface area contributed by atoms with E-state index in [-0.39, 0.29) is 30.9 Å². The fourth-order valence-corrected chi connectivity index (χ4v) is 7.01. The van der Waals surface area contributed by atoms with Crippen LogP contribution in [0.4, 0.5) is 0 Å². The molecule has 0 aliphatic rings. The third kappa shape index (κ3) is 43.0. The smallest absolute Gasteiger partial charge is 0.328 e. The molecule has 0 aliphatic heterocycles. The molecule has 2 atom stereocenters. The molecule has 0 saturated heterocycles. The van der Waals surface area contributed by atoms with Gasteiger partial charge in [-0.25, -0.2) is 4.79 Å². The Hall–Kier alpha value is -3.46. The van der Waals surface area contributed by atoms with E-state index in [4.69, 9.17) is 14.9 Å². The first-order valence-electron chi connectivity index (χ1n) is 24.7. The van der Waals surface area contributed by atoms with Gasteiger partial charge in [-0.3, -0.25) is 14.4 Å². The van der Waals surface area contributed by atoms with E-state index in [1.807, 2.05) is 12.2 Å². The number of esters is 1. The van der Waals surface area contributed by atoms with E-state index in [0.717, 1.165) is 51.4 Å². The van der Waals surface area contributed by atoms with Crippen LogP contribution in [0.5, 0.6) is 0 Å². The number of allylic oxidation sites excluding steroid dienone is 9. The second-order valence-corrected chi connectivity index (χ2v) is 16.5. The van der Waals surface area contributed by atoms with Gasteiger partial charge in [0.25, 0.3) is 0 Å². The van der Waals surface area contributed by atoms with Crippen molar-refractivity contribution in [3.05, 3.63) is 60.8 Å². The molecule has 0 radical (unpaired) electrons. The third-order valence-electron chi connectivity index (χ3n) is 10.8. The van der Waals surface area contributed by atoms with Gasteiger partial charge in [-0.15, -0.1) is 0 Å². The molecule has 2 unspecified atom stereocenters. The number of nitrogens with one attached hydrogen (secondary N) is 2. The summed E-state index contributed by atoms with van der Waals surface area (Å²) < 4.78 is 5.87. The molecule has 0 rings (SSSR count). The normalized spacial score (nSPS) is 13.0. The number of carbonyl (C=O) groups is 4. The van der Waals surface area contributed by atoms with E-state index in [9.17, 15) is 19.2 Å². The zero-order valence-corrected chi connectivity index (χ0v) is 38.9. The fourth-order valence-electron chi connectivity index (χ4n) is 7.01. The first-order chi connectivity index (χ1) is 29.8. The summed E-state index contributed by atoms with van der Waals surface area (Å²) in [7, 11) is 0. The van der Waals surface area contributed by atoms with Crippen molar-refractivity contribution in [2.24, 2.45) is 0 Å².